The zero-order valence-electron chi connectivity index (χ0n) is 10.1. The summed E-state index contributed by atoms with van der Waals surface area (Å²) in [7, 11) is 0. The molecule has 2 rings (SSSR count). The van der Waals surface area contributed by atoms with Crippen LogP contribution in [0.25, 0.3) is 0 Å². The summed E-state index contributed by atoms with van der Waals surface area (Å²) in [5.74, 6) is 0.824. The van der Waals surface area contributed by atoms with Gasteiger partial charge in [0.1, 0.15) is 12.4 Å². The summed E-state index contributed by atoms with van der Waals surface area (Å²) in [5.41, 5.74) is 8.03. The Morgan fingerprint density at radius 2 is 2.00 bits per heavy atom. The number of aromatic nitrogens is 1. The second-order valence-electron chi connectivity index (χ2n) is 4.11. The van der Waals surface area contributed by atoms with Crippen LogP contribution in [0.5, 0.6) is 5.75 Å². The molecule has 1 aromatic carbocycles. The molecule has 0 saturated carbocycles. The van der Waals surface area contributed by atoms with Crippen molar-refractivity contribution in [2.45, 2.75) is 19.6 Å². The fraction of sp³-hybridized carbons (Fsp3) is 0.214. The molecule has 0 aliphatic rings. The van der Waals surface area contributed by atoms with Gasteiger partial charge in [-0.05, 0) is 42.8 Å². The molecule has 2 N–H and O–H groups in total. The van der Waals surface area contributed by atoms with Gasteiger partial charge in [0, 0.05) is 28.5 Å². The molecule has 0 spiro atoms. The summed E-state index contributed by atoms with van der Waals surface area (Å²) in [5, 5.41) is 0. The Hall–Kier alpha value is -1.39. The van der Waals surface area contributed by atoms with Crippen molar-refractivity contribution in [3.8, 4) is 5.75 Å². The predicted molar refractivity (Wildman–Crippen MR) is 75.3 cm³/mol. The van der Waals surface area contributed by atoms with E-state index in [4.69, 9.17) is 10.5 Å². The highest BCUT2D eigenvalue weighted by Gasteiger charge is 2.08. The fourth-order valence-electron chi connectivity index (χ4n) is 1.65. The molecule has 0 fully saturated rings. The number of nitrogens with two attached hydrogens (primary N) is 1. The number of pyridine rings is 1. The summed E-state index contributed by atoms with van der Waals surface area (Å²) in [6.45, 7) is 2.46. The van der Waals surface area contributed by atoms with Gasteiger partial charge < -0.3 is 10.5 Å². The molecule has 1 aromatic heterocycles. The molecule has 0 aliphatic carbocycles. The zero-order chi connectivity index (χ0) is 13.0. The SMILES string of the molecule is CC(N)c1cc(Br)ccc1OCc1ccncc1. The normalized spacial score (nSPS) is 12.2. The highest BCUT2D eigenvalue weighted by atomic mass is 79.9. The summed E-state index contributed by atoms with van der Waals surface area (Å²) in [6.07, 6.45) is 3.51. The lowest BCUT2D eigenvalue weighted by molar-refractivity contribution is 0.301. The highest BCUT2D eigenvalue weighted by molar-refractivity contribution is 9.10. The first-order chi connectivity index (χ1) is 8.66. The second-order valence-corrected chi connectivity index (χ2v) is 5.03. The van der Waals surface area contributed by atoms with Crippen molar-refractivity contribution < 1.29 is 4.74 Å². The smallest absolute Gasteiger partial charge is 0.124 e. The van der Waals surface area contributed by atoms with E-state index in [9.17, 15) is 0 Å². The molecule has 1 unspecified atom stereocenters. The van der Waals surface area contributed by atoms with Gasteiger partial charge in [0.25, 0.3) is 0 Å². The van der Waals surface area contributed by atoms with E-state index in [0.717, 1.165) is 21.3 Å². The largest absolute Gasteiger partial charge is 0.489 e. The second kappa shape index (κ2) is 5.98. The molecule has 0 aliphatic heterocycles. The van der Waals surface area contributed by atoms with Crippen LogP contribution in [-0.4, -0.2) is 4.98 Å². The first-order valence-electron chi connectivity index (χ1n) is 5.73. The fourth-order valence-corrected chi connectivity index (χ4v) is 2.03. The number of nitrogens with zero attached hydrogens (tertiary/aromatic N) is 1. The van der Waals surface area contributed by atoms with E-state index in [1.54, 1.807) is 12.4 Å². The van der Waals surface area contributed by atoms with Crippen molar-refractivity contribution in [2.75, 3.05) is 0 Å². The Morgan fingerprint density at radius 3 is 2.67 bits per heavy atom. The third kappa shape index (κ3) is 3.31. The van der Waals surface area contributed by atoms with Crippen LogP contribution in [0.3, 0.4) is 0 Å². The van der Waals surface area contributed by atoms with Crippen molar-refractivity contribution in [3.63, 3.8) is 0 Å². The quantitative estimate of drug-likeness (QED) is 0.941. The maximum Gasteiger partial charge on any atom is 0.124 e. The number of benzene rings is 1. The minimum absolute atomic E-state index is 0.0602. The molecular weight excluding hydrogens is 292 g/mol. The molecule has 1 atom stereocenters. The van der Waals surface area contributed by atoms with E-state index in [2.05, 4.69) is 20.9 Å². The van der Waals surface area contributed by atoms with Gasteiger partial charge in [-0.15, -0.1) is 0 Å². The van der Waals surface area contributed by atoms with Crippen LogP contribution >= 0.6 is 15.9 Å². The standard InChI is InChI=1S/C14H15BrN2O/c1-10(16)13-8-12(15)2-3-14(13)18-9-11-4-6-17-7-5-11/h2-8,10H,9,16H2,1H3. The van der Waals surface area contributed by atoms with E-state index in [0.29, 0.717) is 6.61 Å². The van der Waals surface area contributed by atoms with Crippen LogP contribution in [0.1, 0.15) is 24.1 Å². The zero-order valence-corrected chi connectivity index (χ0v) is 11.7. The van der Waals surface area contributed by atoms with Crippen molar-refractivity contribution in [2.24, 2.45) is 5.73 Å². The third-order valence-electron chi connectivity index (χ3n) is 2.61. The van der Waals surface area contributed by atoms with Crippen LogP contribution in [0.15, 0.2) is 47.2 Å². The molecule has 0 radical (unpaired) electrons. The molecule has 0 amide bonds. The van der Waals surface area contributed by atoms with Crippen LogP contribution < -0.4 is 10.5 Å². The van der Waals surface area contributed by atoms with Gasteiger partial charge in [-0.25, -0.2) is 0 Å². The number of hydrogen-bond donors (Lipinski definition) is 1. The molecule has 4 heteroatoms. The lowest BCUT2D eigenvalue weighted by Crippen LogP contribution is -2.08. The number of rotatable bonds is 4. The van der Waals surface area contributed by atoms with Gasteiger partial charge in [0.2, 0.25) is 0 Å². The van der Waals surface area contributed by atoms with Crippen LogP contribution in [0.2, 0.25) is 0 Å². The van der Waals surface area contributed by atoms with E-state index in [1.165, 1.54) is 0 Å². The Balaban J connectivity index is 2.14. The van der Waals surface area contributed by atoms with E-state index >= 15 is 0 Å². The minimum atomic E-state index is -0.0602. The topological polar surface area (TPSA) is 48.1 Å². The van der Waals surface area contributed by atoms with Gasteiger partial charge in [-0.1, -0.05) is 15.9 Å². The summed E-state index contributed by atoms with van der Waals surface area (Å²) in [6, 6.07) is 9.69. The minimum Gasteiger partial charge on any atom is -0.489 e. The molecule has 18 heavy (non-hydrogen) atoms. The Labute approximate surface area is 115 Å². The highest BCUT2D eigenvalue weighted by Crippen LogP contribution is 2.28. The average molecular weight is 307 g/mol. The average Bonchev–Trinajstić information content (AvgIpc) is 2.38. The molecule has 2 aromatic rings. The first-order valence-corrected chi connectivity index (χ1v) is 6.53. The summed E-state index contributed by atoms with van der Waals surface area (Å²) >= 11 is 3.44. The molecular formula is C14H15BrN2O. The monoisotopic (exact) mass is 306 g/mol. The van der Waals surface area contributed by atoms with Crippen molar-refractivity contribution >= 4 is 15.9 Å². The number of halogens is 1. The van der Waals surface area contributed by atoms with Crippen LogP contribution in [0.4, 0.5) is 0 Å². The van der Waals surface area contributed by atoms with Crippen molar-refractivity contribution in [3.05, 3.63) is 58.3 Å². The van der Waals surface area contributed by atoms with Crippen LogP contribution in [0, 0.1) is 0 Å². The van der Waals surface area contributed by atoms with Gasteiger partial charge >= 0.3 is 0 Å². The van der Waals surface area contributed by atoms with Gasteiger partial charge in [-0.2, -0.15) is 0 Å². The Morgan fingerprint density at radius 1 is 1.28 bits per heavy atom. The van der Waals surface area contributed by atoms with E-state index in [-0.39, 0.29) is 6.04 Å². The number of hydrogen-bond acceptors (Lipinski definition) is 3. The Bertz CT molecular complexity index is 514. The maximum absolute atomic E-state index is 5.94. The molecule has 3 nitrogen and oxygen atoms in total. The van der Waals surface area contributed by atoms with Crippen molar-refractivity contribution in [1.82, 2.24) is 4.98 Å². The van der Waals surface area contributed by atoms with Gasteiger partial charge in [0.05, 0.1) is 0 Å². The molecule has 0 bridgehead atoms. The first kappa shape index (κ1) is 13.1. The van der Waals surface area contributed by atoms with Gasteiger partial charge in [0.15, 0.2) is 0 Å². The molecule has 1 heterocycles. The lowest BCUT2D eigenvalue weighted by Gasteiger charge is -2.14. The maximum atomic E-state index is 5.94. The molecule has 94 valence electrons. The molecule has 0 saturated heterocycles. The van der Waals surface area contributed by atoms with Crippen molar-refractivity contribution in [1.29, 1.82) is 0 Å². The predicted octanol–water partition coefficient (Wildman–Crippen LogP) is 3.44. The van der Waals surface area contributed by atoms with Crippen LogP contribution in [-0.2, 0) is 6.61 Å². The van der Waals surface area contributed by atoms with E-state index < -0.39 is 0 Å². The van der Waals surface area contributed by atoms with E-state index in [1.807, 2.05) is 37.3 Å². The summed E-state index contributed by atoms with van der Waals surface area (Å²) < 4.78 is 6.82. The Kier molecular flexibility index (Phi) is 4.33. The lowest BCUT2D eigenvalue weighted by atomic mass is 10.1. The van der Waals surface area contributed by atoms with Gasteiger partial charge in [-0.3, -0.25) is 4.98 Å². The number of ether oxygens (including phenoxy) is 1. The third-order valence-corrected chi connectivity index (χ3v) is 3.10. The summed E-state index contributed by atoms with van der Waals surface area (Å²) in [4.78, 5) is 3.98.